The molecule has 7 heteroatoms. The molecule has 0 spiro atoms. The third-order valence-corrected chi connectivity index (χ3v) is 3.05. The number of benzene rings is 2. The van der Waals surface area contributed by atoms with Crippen molar-refractivity contribution in [2.45, 2.75) is 6.92 Å². The molecular formula is C16H17ClN4O2. The Bertz CT molecular complexity index is 679. The molecule has 0 unspecified atom stereocenters. The van der Waals surface area contributed by atoms with Gasteiger partial charge >= 0.3 is 5.97 Å². The Balaban J connectivity index is 0.00000192. The van der Waals surface area contributed by atoms with E-state index in [1.807, 2.05) is 60.7 Å². The van der Waals surface area contributed by atoms with Crippen molar-refractivity contribution >= 4 is 35.6 Å². The smallest absolute Gasteiger partial charge is 0.377 e. The fourth-order valence-corrected chi connectivity index (χ4v) is 2.07. The molecule has 120 valence electrons. The van der Waals surface area contributed by atoms with Crippen LogP contribution >= 0.6 is 12.4 Å². The zero-order valence-electron chi connectivity index (χ0n) is 12.5. The Kier molecular flexibility index (Phi) is 5.43. The fourth-order valence-electron chi connectivity index (χ4n) is 2.07. The van der Waals surface area contributed by atoms with Crippen LogP contribution < -0.4 is 15.7 Å². The van der Waals surface area contributed by atoms with Gasteiger partial charge in [-0.1, -0.05) is 36.4 Å². The number of hydrogen-bond donors (Lipinski definition) is 1. The van der Waals surface area contributed by atoms with Crippen LogP contribution in [-0.4, -0.2) is 18.4 Å². The van der Waals surface area contributed by atoms with E-state index in [4.69, 9.17) is 4.74 Å². The maximum Gasteiger partial charge on any atom is 0.377 e. The number of nitrogens with one attached hydrogen (secondary N) is 1. The third-order valence-electron chi connectivity index (χ3n) is 3.05. The molecule has 0 fully saturated rings. The van der Waals surface area contributed by atoms with E-state index in [2.05, 4.69) is 10.5 Å². The molecular weight excluding hydrogens is 316 g/mol. The Hall–Kier alpha value is -2.73. The lowest BCUT2D eigenvalue weighted by atomic mass is 10.3. The molecule has 0 aromatic heterocycles. The van der Waals surface area contributed by atoms with Crippen molar-refractivity contribution in [1.82, 2.24) is 5.43 Å². The summed E-state index contributed by atoms with van der Waals surface area (Å²) < 4.78 is 5.01. The summed E-state index contributed by atoms with van der Waals surface area (Å²) >= 11 is 0. The van der Waals surface area contributed by atoms with Gasteiger partial charge in [0.15, 0.2) is 0 Å². The summed E-state index contributed by atoms with van der Waals surface area (Å²) in [5.74, 6) is -0.337. The minimum Gasteiger partial charge on any atom is -0.460 e. The molecule has 0 radical (unpaired) electrons. The van der Waals surface area contributed by atoms with Crippen LogP contribution in [0.25, 0.3) is 0 Å². The first-order valence-electron chi connectivity index (χ1n) is 7.02. The molecule has 1 heterocycles. The number of hydrazone groups is 1. The average molecular weight is 333 g/mol. The molecule has 0 amide bonds. The van der Waals surface area contributed by atoms with Crippen molar-refractivity contribution in [2.75, 3.05) is 16.8 Å². The van der Waals surface area contributed by atoms with Gasteiger partial charge < -0.3 is 4.74 Å². The molecule has 0 bridgehead atoms. The highest BCUT2D eigenvalue weighted by Gasteiger charge is 2.29. The number of halogens is 1. The van der Waals surface area contributed by atoms with Gasteiger partial charge in [-0.15, -0.1) is 17.5 Å². The largest absolute Gasteiger partial charge is 0.460 e. The van der Waals surface area contributed by atoms with Crippen LogP contribution in [0.5, 0.6) is 0 Å². The summed E-state index contributed by atoms with van der Waals surface area (Å²) in [4.78, 5) is 11.9. The number of ether oxygens (including phenoxy) is 1. The van der Waals surface area contributed by atoms with Crippen LogP contribution in [0.15, 0.2) is 65.8 Å². The maximum absolute atomic E-state index is 11.9. The number of hydrogen-bond acceptors (Lipinski definition) is 6. The van der Waals surface area contributed by atoms with Crippen LogP contribution in [0.3, 0.4) is 0 Å². The molecule has 23 heavy (non-hydrogen) atoms. The van der Waals surface area contributed by atoms with Gasteiger partial charge in [0, 0.05) is 0 Å². The molecule has 1 aliphatic heterocycles. The summed E-state index contributed by atoms with van der Waals surface area (Å²) in [6.07, 6.45) is 0. The average Bonchev–Trinajstić information content (AvgIpc) is 3.02. The second-order valence-electron chi connectivity index (χ2n) is 4.55. The molecule has 3 rings (SSSR count). The number of anilines is 2. The minimum atomic E-state index is -0.484. The van der Waals surface area contributed by atoms with Gasteiger partial charge in [-0.05, 0) is 31.2 Å². The fraction of sp³-hybridized carbons (Fsp3) is 0.125. The van der Waals surface area contributed by atoms with Gasteiger partial charge in [-0.2, -0.15) is 10.2 Å². The predicted molar refractivity (Wildman–Crippen MR) is 92.3 cm³/mol. The van der Waals surface area contributed by atoms with Crippen LogP contribution in [0.2, 0.25) is 0 Å². The highest BCUT2D eigenvalue weighted by atomic mass is 35.5. The van der Waals surface area contributed by atoms with Gasteiger partial charge in [0.2, 0.25) is 0 Å². The lowest BCUT2D eigenvalue weighted by Crippen LogP contribution is -2.46. The van der Waals surface area contributed by atoms with E-state index in [1.165, 1.54) is 0 Å². The Morgan fingerprint density at radius 3 is 2.17 bits per heavy atom. The van der Waals surface area contributed by atoms with Crippen LogP contribution in [0.1, 0.15) is 6.92 Å². The van der Waals surface area contributed by atoms with E-state index >= 15 is 0 Å². The maximum atomic E-state index is 11.9. The van der Waals surface area contributed by atoms with E-state index in [9.17, 15) is 4.79 Å². The number of nitrogens with zero attached hydrogens (tertiary/aromatic N) is 3. The standard InChI is InChI=1S/C16H16N4O2.ClH/c1-2-22-16(21)15-17-19(13-9-5-3-6-10-13)20(18-15)14-11-7-4-8-12-14;/h3-12H,2H2,1H3,(H,17,18);1H. The second-order valence-corrected chi connectivity index (χ2v) is 4.55. The molecule has 1 N–H and O–H groups in total. The molecule has 0 atom stereocenters. The van der Waals surface area contributed by atoms with Gasteiger partial charge in [-0.25, -0.2) is 4.79 Å². The highest BCUT2D eigenvalue weighted by Crippen LogP contribution is 2.24. The van der Waals surface area contributed by atoms with Crippen molar-refractivity contribution in [3.05, 3.63) is 60.7 Å². The first-order chi connectivity index (χ1) is 10.8. The Morgan fingerprint density at radius 2 is 1.61 bits per heavy atom. The van der Waals surface area contributed by atoms with Crippen molar-refractivity contribution in [3.63, 3.8) is 0 Å². The van der Waals surface area contributed by atoms with E-state index in [0.717, 1.165) is 11.4 Å². The monoisotopic (exact) mass is 332 g/mol. The number of carbonyl (C=O) groups excluding carboxylic acids is 1. The molecule has 0 aliphatic carbocycles. The number of hydrazine groups is 2. The lowest BCUT2D eigenvalue weighted by molar-refractivity contribution is -0.135. The van der Waals surface area contributed by atoms with E-state index in [0.29, 0.717) is 6.61 Å². The van der Waals surface area contributed by atoms with Crippen molar-refractivity contribution in [1.29, 1.82) is 0 Å². The summed E-state index contributed by atoms with van der Waals surface area (Å²) in [5.41, 5.74) is 4.66. The van der Waals surface area contributed by atoms with Crippen molar-refractivity contribution in [2.24, 2.45) is 5.10 Å². The SMILES string of the molecule is CCOC(=O)C1=NN(c2ccccc2)N(c2ccccc2)N1.Cl. The molecule has 1 aliphatic rings. The Morgan fingerprint density at radius 1 is 1.04 bits per heavy atom. The van der Waals surface area contributed by atoms with E-state index < -0.39 is 5.97 Å². The van der Waals surface area contributed by atoms with Gasteiger partial charge in [-0.3, -0.25) is 5.43 Å². The molecule has 2 aromatic rings. The zero-order valence-corrected chi connectivity index (χ0v) is 13.4. The molecule has 0 saturated carbocycles. The minimum absolute atomic E-state index is 0. The summed E-state index contributed by atoms with van der Waals surface area (Å²) in [5, 5.41) is 7.65. The first-order valence-corrected chi connectivity index (χ1v) is 7.02. The number of amidine groups is 1. The van der Waals surface area contributed by atoms with Gasteiger partial charge in [0.1, 0.15) is 0 Å². The third kappa shape index (κ3) is 3.54. The topological polar surface area (TPSA) is 57.2 Å². The molecule has 6 nitrogen and oxygen atoms in total. The molecule has 0 saturated heterocycles. The number of carbonyl (C=O) groups is 1. The normalized spacial score (nSPS) is 13.0. The number of esters is 1. The number of rotatable bonds is 4. The number of para-hydroxylation sites is 2. The highest BCUT2D eigenvalue weighted by molar-refractivity contribution is 6.36. The van der Waals surface area contributed by atoms with Crippen LogP contribution in [0.4, 0.5) is 11.4 Å². The predicted octanol–water partition coefficient (Wildman–Crippen LogP) is 2.73. The lowest BCUT2D eigenvalue weighted by Gasteiger charge is -2.27. The summed E-state index contributed by atoms with van der Waals surface area (Å²) in [6, 6.07) is 19.2. The summed E-state index contributed by atoms with van der Waals surface area (Å²) in [6.45, 7) is 2.06. The first kappa shape index (κ1) is 16.6. The van der Waals surface area contributed by atoms with Crippen LogP contribution in [0, 0.1) is 0 Å². The van der Waals surface area contributed by atoms with E-state index in [1.54, 1.807) is 17.2 Å². The quantitative estimate of drug-likeness (QED) is 0.872. The van der Waals surface area contributed by atoms with Crippen molar-refractivity contribution < 1.29 is 9.53 Å². The van der Waals surface area contributed by atoms with E-state index in [-0.39, 0.29) is 18.2 Å². The second kappa shape index (κ2) is 7.51. The van der Waals surface area contributed by atoms with Crippen LogP contribution in [-0.2, 0) is 9.53 Å². The Labute approximate surface area is 140 Å². The summed E-state index contributed by atoms with van der Waals surface area (Å²) in [7, 11) is 0. The van der Waals surface area contributed by atoms with Gasteiger partial charge in [0.25, 0.3) is 5.84 Å². The molecule has 2 aromatic carbocycles. The van der Waals surface area contributed by atoms with Gasteiger partial charge in [0.05, 0.1) is 18.0 Å². The van der Waals surface area contributed by atoms with Crippen molar-refractivity contribution in [3.8, 4) is 0 Å². The zero-order chi connectivity index (χ0) is 15.4.